The second-order valence-electron chi connectivity index (χ2n) is 8.41. The fraction of sp³-hybridized carbons (Fsp3) is 0.417. The minimum Gasteiger partial charge on any atom is -0.437 e. The smallest absolute Gasteiger partial charge is 0.255 e. The van der Waals surface area contributed by atoms with E-state index in [1.807, 2.05) is 6.07 Å². The Bertz CT molecular complexity index is 1110. The first-order valence-corrected chi connectivity index (χ1v) is 11.2. The highest BCUT2D eigenvalue weighted by Crippen LogP contribution is 2.29. The molecule has 168 valence electrons. The van der Waals surface area contributed by atoms with Gasteiger partial charge in [0, 0.05) is 19.2 Å². The number of hydrogen-bond donors (Lipinski definition) is 3. The highest BCUT2D eigenvalue weighted by Gasteiger charge is 2.20. The fourth-order valence-corrected chi connectivity index (χ4v) is 4.34. The summed E-state index contributed by atoms with van der Waals surface area (Å²) in [6.45, 7) is 1.31. The van der Waals surface area contributed by atoms with Crippen molar-refractivity contribution in [2.45, 2.75) is 64.3 Å². The Morgan fingerprint density at radius 3 is 2.66 bits per heavy atom. The van der Waals surface area contributed by atoms with Crippen molar-refractivity contribution in [2.24, 2.45) is 5.73 Å². The van der Waals surface area contributed by atoms with Crippen molar-refractivity contribution >= 4 is 23.0 Å². The van der Waals surface area contributed by atoms with E-state index in [-0.39, 0.29) is 17.9 Å². The first-order chi connectivity index (χ1) is 15.5. The van der Waals surface area contributed by atoms with Crippen LogP contribution in [0.5, 0.6) is 11.6 Å². The highest BCUT2D eigenvalue weighted by molar-refractivity contribution is 6.04. The molecule has 2 heterocycles. The predicted octanol–water partition coefficient (Wildman–Crippen LogP) is 3.79. The average Bonchev–Trinajstić information content (AvgIpc) is 3.40. The molecule has 2 aliphatic rings. The fourth-order valence-electron chi connectivity index (χ4n) is 4.34. The van der Waals surface area contributed by atoms with Crippen molar-refractivity contribution in [3.8, 4) is 11.6 Å². The number of nitrogens with zero attached hydrogens (tertiary/aromatic N) is 2. The Hall–Kier alpha value is -3.42. The van der Waals surface area contributed by atoms with Gasteiger partial charge in [-0.25, -0.2) is 9.97 Å². The number of aryl methyl sites for hydroxylation is 2. The van der Waals surface area contributed by atoms with Gasteiger partial charge in [-0.2, -0.15) is 0 Å². The Morgan fingerprint density at radius 2 is 1.88 bits per heavy atom. The number of carbonyl (C=O) groups is 2. The molecular formula is C24H29N5O3. The zero-order valence-electron chi connectivity index (χ0n) is 18.3. The Morgan fingerprint density at radius 1 is 1.12 bits per heavy atom. The highest BCUT2D eigenvalue weighted by atomic mass is 16.5. The molecule has 32 heavy (non-hydrogen) atoms. The van der Waals surface area contributed by atoms with Crippen LogP contribution in [0.3, 0.4) is 0 Å². The van der Waals surface area contributed by atoms with Crippen molar-refractivity contribution in [1.82, 2.24) is 20.3 Å². The summed E-state index contributed by atoms with van der Waals surface area (Å²) in [5.41, 5.74) is 8.89. The second-order valence-corrected chi connectivity index (χ2v) is 8.41. The molecule has 8 nitrogen and oxygen atoms in total. The molecule has 0 spiro atoms. The van der Waals surface area contributed by atoms with E-state index in [0.717, 1.165) is 31.4 Å². The average molecular weight is 436 g/mol. The standard InChI is InChI=1S/C22H24N4O2.C2H5NO/c27-22(25-16-7-2-1-3-8-16)18-12-23-21-20(18)26-19(13-24-21)28-17-10-9-14-5-4-6-15(14)11-17;1-2(3)4/h9-13,16H,1-8H2,(H,23,24)(H,25,27);1H3,(H2,3,4). The van der Waals surface area contributed by atoms with E-state index in [9.17, 15) is 9.59 Å². The quantitative estimate of drug-likeness (QED) is 0.575. The Labute approximate surface area is 187 Å². The monoisotopic (exact) mass is 435 g/mol. The van der Waals surface area contributed by atoms with Gasteiger partial charge in [-0.05, 0) is 55.4 Å². The number of benzene rings is 1. The van der Waals surface area contributed by atoms with Crippen LogP contribution in [0, 0.1) is 0 Å². The van der Waals surface area contributed by atoms with Crippen molar-refractivity contribution < 1.29 is 14.3 Å². The molecule has 2 amide bonds. The predicted molar refractivity (Wildman–Crippen MR) is 122 cm³/mol. The minimum absolute atomic E-state index is 0.0952. The topological polar surface area (TPSA) is 123 Å². The van der Waals surface area contributed by atoms with E-state index in [1.165, 1.54) is 43.7 Å². The zero-order chi connectivity index (χ0) is 22.5. The number of fused-ring (bicyclic) bond motifs is 2. The molecule has 0 aliphatic heterocycles. The second kappa shape index (κ2) is 9.80. The van der Waals surface area contributed by atoms with Gasteiger partial charge in [-0.1, -0.05) is 25.3 Å². The molecule has 1 aromatic carbocycles. The van der Waals surface area contributed by atoms with E-state index in [4.69, 9.17) is 4.74 Å². The lowest BCUT2D eigenvalue weighted by atomic mass is 9.95. The number of amides is 2. The van der Waals surface area contributed by atoms with E-state index in [1.54, 1.807) is 12.4 Å². The molecule has 4 N–H and O–H groups in total. The van der Waals surface area contributed by atoms with Crippen LogP contribution in [0.25, 0.3) is 11.2 Å². The third-order valence-corrected chi connectivity index (χ3v) is 5.84. The van der Waals surface area contributed by atoms with Gasteiger partial charge < -0.3 is 20.8 Å². The largest absolute Gasteiger partial charge is 0.437 e. The van der Waals surface area contributed by atoms with Crippen LogP contribution in [0.4, 0.5) is 0 Å². The van der Waals surface area contributed by atoms with Crippen LogP contribution >= 0.6 is 0 Å². The summed E-state index contributed by atoms with van der Waals surface area (Å²) in [7, 11) is 0. The van der Waals surface area contributed by atoms with E-state index >= 15 is 0 Å². The molecule has 1 fully saturated rings. The Kier molecular flexibility index (Phi) is 6.68. The third-order valence-electron chi connectivity index (χ3n) is 5.84. The first-order valence-electron chi connectivity index (χ1n) is 11.2. The van der Waals surface area contributed by atoms with Crippen LogP contribution < -0.4 is 15.8 Å². The van der Waals surface area contributed by atoms with Gasteiger partial charge in [0.15, 0.2) is 5.65 Å². The number of nitrogens with one attached hydrogen (secondary N) is 2. The molecule has 0 radical (unpaired) electrons. The third kappa shape index (κ3) is 5.25. The first kappa shape index (κ1) is 21.8. The maximum absolute atomic E-state index is 12.7. The maximum atomic E-state index is 12.7. The number of carbonyl (C=O) groups excluding carboxylic acids is 2. The van der Waals surface area contributed by atoms with Crippen LogP contribution in [-0.2, 0) is 17.6 Å². The number of H-pyrrole nitrogens is 1. The Balaban J connectivity index is 0.000000567. The van der Waals surface area contributed by atoms with Crippen LogP contribution in [0.15, 0.2) is 30.6 Å². The molecule has 0 unspecified atom stereocenters. The van der Waals surface area contributed by atoms with Crippen molar-refractivity contribution in [3.05, 3.63) is 47.3 Å². The molecular weight excluding hydrogens is 406 g/mol. The lowest BCUT2D eigenvalue weighted by molar-refractivity contribution is -0.115. The van der Waals surface area contributed by atoms with Gasteiger partial charge in [0.1, 0.15) is 11.3 Å². The number of primary amides is 1. The summed E-state index contributed by atoms with van der Waals surface area (Å²) >= 11 is 0. The number of aromatic amines is 1. The summed E-state index contributed by atoms with van der Waals surface area (Å²) in [6.07, 6.45) is 12.4. The molecule has 3 aromatic rings. The molecule has 1 saturated carbocycles. The molecule has 8 heteroatoms. The number of rotatable bonds is 4. The number of aromatic nitrogens is 3. The SMILES string of the molecule is CC(N)=O.O=C(NC1CCCCC1)c1c[nH]c2ncc(Oc3ccc4c(c3)CCC4)nc12. The lowest BCUT2D eigenvalue weighted by Crippen LogP contribution is -2.36. The van der Waals surface area contributed by atoms with Crippen LogP contribution in [0.1, 0.15) is 66.9 Å². The van der Waals surface area contributed by atoms with Gasteiger partial charge in [-0.3, -0.25) is 9.59 Å². The van der Waals surface area contributed by atoms with Crippen molar-refractivity contribution in [2.75, 3.05) is 0 Å². The minimum atomic E-state index is -0.333. The van der Waals surface area contributed by atoms with E-state index in [0.29, 0.717) is 22.6 Å². The van der Waals surface area contributed by atoms with Gasteiger partial charge in [0.05, 0.1) is 11.8 Å². The van der Waals surface area contributed by atoms with E-state index in [2.05, 4.69) is 38.1 Å². The molecule has 5 rings (SSSR count). The van der Waals surface area contributed by atoms with Gasteiger partial charge in [0.25, 0.3) is 5.91 Å². The van der Waals surface area contributed by atoms with Crippen LogP contribution in [0.2, 0.25) is 0 Å². The molecule has 0 bridgehead atoms. The van der Waals surface area contributed by atoms with Crippen molar-refractivity contribution in [1.29, 1.82) is 0 Å². The molecule has 0 saturated heterocycles. The maximum Gasteiger partial charge on any atom is 0.255 e. The van der Waals surface area contributed by atoms with Gasteiger partial charge in [0.2, 0.25) is 11.8 Å². The zero-order valence-corrected chi connectivity index (χ0v) is 18.3. The van der Waals surface area contributed by atoms with Gasteiger partial charge >= 0.3 is 0 Å². The summed E-state index contributed by atoms with van der Waals surface area (Å²) in [5.74, 6) is 0.733. The van der Waals surface area contributed by atoms with E-state index < -0.39 is 0 Å². The number of hydrogen-bond acceptors (Lipinski definition) is 5. The summed E-state index contributed by atoms with van der Waals surface area (Å²) in [5, 5.41) is 3.14. The summed E-state index contributed by atoms with van der Waals surface area (Å²) in [6, 6.07) is 6.44. The summed E-state index contributed by atoms with van der Waals surface area (Å²) in [4.78, 5) is 33.9. The van der Waals surface area contributed by atoms with Crippen LogP contribution in [-0.4, -0.2) is 32.8 Å². The van der Waals surface area contributed by atoms with Gasteiger partial charge in [-0.15, -0.1) is 0 Å². The molecule has 2 aliphatic carbocycles. The molecule has 2 aromatic heterocycles. The summed E-state index contributed by atoms with van der Waals surface area (Å²) < 4.78 is 5.95. The molecule has 0 atom stereocenters. The normalized spacial score (nSPS) is 15.5. The number of nitrogens with two attached hydrogens (primary N) is 1. The number of ether oxygens (including phenoxy) is 1. The van der Waals surface area contributed by atoms with Crippen molar-refractivity contribution in [3.63, 3.8) is 0 Å². The lowest BCUT2D eigenvalue weighted by Gasteiger charge is -2.22.